The van der Waals surface area contributed by atoms with E-state index in [1.165, 1.54) is 7.11 Å². The molecular formula is C14H18N2O5. The Labute approximate surface area is 122 Å². The van der Waals surface area contributed by atoms with Gasteiger partial charge in [-0.1, -0.05) is 30.3 Å². The van der Waals surface area contributed by atoms with Crippen molar-refractivity contribution in [2.24, 2.45) is 11.5 Å². The minimum atomic E-state index is -1.26. The Morgan fingerprint density at radius 2 is 1.62 bits per heavy atom. The highest BCUT2D eigenvalue weighted by Gasteiger charge is 2.25. The fourth-order valence-electron chi connectivity index (χ4n) is 1.55. The molecule has 114 valence electrons. The third-order valence-corrected chi connectivity index (χ3v) is 2.72. The number of hydrogen-bond acceptors (Lipinski definition) is 7. The molecule has 0 aliphatic rings. The van der Waals surface area contributed by atoms with Crippen molar-refractivity contribution in [2.45, 2.75) is 24.9 Å². The summed E-state index contributed by atoms with van der Waals surface area (Å²) in [4.78, 5) is 34.2. The SMILES string of the molecule is COC(=O)C[C@H](N)C(=O)OC(=O)[C@@H](N)Cc1ccccc1. The summed E-state index contributed by atoms with van der Waals surface area (Å²) in [6.45, 7) is 0. The maximum absolute atomic E-state index is 11.7. The molecular weight excluding hydrogens is 276 g/mol. The van der Waals surface area contributed by atoms with E-state index in [1.807, 2.05) is 18.2 Å². The van der Waals surface area contributed by atoms with Crippen LogP contribution in [0.5, 0.6) is 0 Å². The van der Waals surface area contributed by atoms with Crippen LogP contribution in [0.1, 0.15) is 12.0 Å². The fraction of sp³-hybridized carbons (Fsp3) is 0.357. The molecule has 0 saturated carbocycles. The average Bonchev–Trinajstić information content (AvgIpc) is 2.47. The fourth-order valence-corrected chi connectivity index (χ4v) is 1.55. The molecule has 0 aliphatic heterocycles. The Morgan fingerprint density at radius 1 is 1.05 bits per heavy atom. The van der Waals surface area contributed by atoms with Crippen LogP contribution in [0.4, 0.5) is 0 Å². The van der Waals surface area contributed by atoms with E-state index in [9.17, 15) is 14.4 Å². The van der Waals surface area contributed by atoms with Crippen LogP contribution < -0.4 is 11.5 Å². The Bertz CT molecular complexity index is 503. The maximum atomic E-state index is 11.7. The Balaban J connectivity index is 2.48. The van der Waals surface area contributed by atoms with Crippen LogP contribution >= 0.6 is 0 Å². The highest BCUT2D eigenvalue weighted by Crippen LogP contribution is 2.04. The number of methoxy groups -OCH3 is 1. The standard InChI is InChI=1S/C14H18N2O5/c1-20-12(17)8-11(16)14(19)21-13(18)10(15)7-9-5-3-2-4-6-9/h2-6,10-11H,7-8,15-16H2,1H3/t10-,11-/m0/s1. The van der Waals surface area contributed by atoms with E-state index in [0.29, 0.717) is 0 Å². The number of benzene rings is 1. The number of hydrogen-bond donors (Lipinski definition) is 2. The van der Waals surface area contributed by atoms with Crippen LogP contribution in [0.3, 0.4) is 0 Å². The van der Waals surface area contributed by atoms with E-state index >= 15 is 0 Å². The molecule has 0 radical (unpaired) electrons. The highest BCUT2D eigenvalue weighted by molar-refractivity contribution is 5.92. The Morgan fingerprint density at radius 3 is 2.19 bits per heavy atom. The summed E-state index contributed by atoms with van der Waals surface area (Å²) >= 11 is 0. The summed E-state index contributed by atoms with van der Waals surface area (Å²) in [5, 5.41) is 0. The van der Waals surface area contributed by atoms with Crippen LogP contribution in [0.25, 0.3) is 0 Å². The average molecular weight is 294 g/mol. The molecule has 0 saturated heterocycles. The van der Waals surface area contributed by atoms with Crippen molar-refractivity contribution in [3.05, 3.63) is 35.9 Å². The van der Waals surface area contributed by atoms with Gasteiger partial charge >= 0.3 is 17.9 Å². The zero-order chi connectivity index (χ0) is 15.8. The van der Waals surface area contributed by atoms with E-state index in [2.05, 4.69) is 9.47 Å². The van der Waals surface area contributed by atoms with Crippen molar-refractivity contribution < 1.29 is 23.9 Å². The lowest BCUT2D eigenvalue weighted by atomic mass is 10.1. The van der Waals surface area contributed by atoms with Crippen LogP contribution in [-0.2, 0) is 30.3 Å². The normalized spacial score (nSPS) is 13.1. The van der Waals surface area contributed by atoms with Crippen molar-refractivity contribution in [3.63, 3.8) is 0 Å². The number of nitrogens with two attached hydrogens (primary N) is 2. The molecule has 0 spiro atoms. The third kappa shape index (κ3) is 5.72. The van der Waals surface area contributed by atoms with E-state index in [1.54, 1.807) is 12.1 Å². The lowest BCUT2D eigenvalue weighted by molar-refractivity contribution is -0.163. The van der Waals surface area contributed by atoms with Crippen molar-refractivity contribution in [1.29, 1.82) is 0 Å². The second-order valence-electron chi connectivity index (χ2n) is 4.42. The zero-order valence-corrected chi connectivity index (χ0v) is 11.7. The predicted octanol–water partition coefficient (Wildman–Crippen LogP) is -0.483. The third-order valence-electron chi connectivity index (χ3n) is 2.72. The van der Waals surface area contributed by atoms with Gasteiger partial charge in [0.25, 0.3) is 0 Å². The minimum Gasteiger partial charge on any atom is -0.469 e. The maximum Gasteiger partial charge on any atom is 0.331 e. The van der Waals surface area contributed by atoms with Crippen LogP contribution in [0.2, 0.25) is 0 Å². The lowest BCUT2D eigenvalue weighted by Crippen LogP contribution is -2.41. The van der Waals surface area contributed by atoms with Gasteiger partial charge in [-0.05, 0) is 12.0 Å². The Hall–Kier alpha value is -2.25. The van der Waals surface area contributed by atoms with Gasteiger partial charge in [0, 0.05) is 0 Å². The molecule has 2 atom stereocenters. The first-order valence-corrected chi connectivity index (χ1v) is 6.31. The highest BCUT2D eigenvalue weighted by atomic mass is 16.6. The monoisotopic (exact) mass is 294 g/mol. The van der Waals surface area contributed by atoms with Gasteiger partial charge in [0.15, 0.2) is 0 Å². The molecule has 1 rings (SSSR count). The van der Waals surface area contributed by atoms with Crippen LogP contribution in [0.15, 0.2) is 30.3 Å². The number of rotatable bonds is 6. The van der Waals surface area contributed by atoms with E-state index in [4.69, 9.17) is 11.5 Å². The van der Waals surface area contributed by atoms with E-state index in [0.717, 1.165) is 5.56 Å². The van der Waals surface area contributed by atoms with Crippen LogP contribution in [-0.4, -0.2) is 37.1 Å². The molecule has 0 aromatic heterocycles. The molecule has 4 N–H and O–H groups in total. The van der Waals surface area contributed by atoms with Crippen molar-refractivity contribution in [1.82, 2.24) is 0 Å². The largest absolute Gasteiger partial charge is 0.469 e. The molecule has 21 heavy (non-hydrogen) atoms. The first-order chi connectivity index (χ1) is 9.93. The van der Waals surface area contributed by atoms with Gasteiger partial charge in [0.1, 0.15) is 12.1 Å². The summed E-state index contributed by atoms with van der Waals surface area (Å²) in [6, 6.07) is 6.82. The first kappa shape index (κ1) is 16.8. The number of ether oxygens (including phenoxy) is 2. The number of carbonyl (C=O) groups excluding carboxylic acids is 3. The van der Waals surface area contributed by atoms with E-state index < -0.39 is 30.0 Å². The molecule has 1 aromatic rings. The summed E-state index contributed by atoms with van der Waals surface area (Å²) in [5.41, 5.74) is 11.9. The van der Waals surface area contributed by atoms with Gasteiger partial charge in [0.2, 0.25) is 0 Å². The molecule has 0 amide bonds. The predicted molar refractivity (Wildman–Crippen MR) is 73.8 cm³/mol. The second-order valence-corrected chi connectivity index (χ2v) is 4.42. The van der Waals surface area contributed by atoms with Gasteiger partial charge in [-0.25, -0.2) is 9.59 Å². The molecule has 0 heterocycles. The summed E-state index contributed by atoms with van der Waals surface area (Å²) < 4.78 is 8.92. The number of esters is 3. The summed E-state index contributed by atoms with van der Waals surface area (Å²) in [7, 11) is 1.17. The molecule has 7 nitrogen and oxygen atoms in total. The van der Waals surface area contributed by atoms with E-state index in [-0.39, 0.29) is 12.8 Å². The molecule has 0 unspecified atom stereocenters. The van der Waals surface area contributed by atoms with Gasteiger partial charge in [-0.15, -0.1) is 0 Å². The van der Waals surface area contributed by atoms with Crippen molar-refractivity contribution in [3.8, 4) is 0 Å². The number of carbonyl (C=O) groups is 3. The molecule has 0 fully saturated rings. The van der Waals surface area contributed by atoms with Crippen molar-refractivity contribution >= 4 is 17.9 Å². The van der Waals surface area contributed by atoms with Crippen molar-refractivity contribution in [2.75, 3.05) is 7.11 Å². The van der Waals surface area contributed by atoms with Gasteiger partial charge in [-0.3, -0.25) is 4.79 Å². The summed E-state index contributed by atoms with van der Waals surface area (Å²) in [5.74, 6) is -2.56. The molecule has 1 aromatic carbocycles. The van der Waals surface area contributed by atoms with Gasteiger partial charge < -0.3 is 20.9 Å². The quantitative estimate of drug-likeness (QED) is 0.536. The zero-order valence-electron chi connectivity index (χ0n) is 11.7. The smallest absolute Gasteiger partial charge is 0.331 e. The first-order valence-electron chi connectivity index (χ1n) is 6.31. The lowest BCUT2D eigenvalue weighted by Gasteiger charge is -2.13. The minimum absolute atomic E-state index is 0.235. The van der Waals surface area contributed by atoms with Gasteiger partial charge in [-0.2, -0.15) is 0 Å². The van der Waals surface area contributed by atoms with Gasteiger partial charge in [0.05, 0.1) is 13.5 Å². The molecule has 7 heteroatoms. The summed E-state index contributed by atoms with van der Waals surface area (Å²) in [6.07, 6.45) is -0.129. The second kappa shape index (κ2) is 8.13. The molecule has 0 bridgehead atoms. The van der Waals surface area contributed by atoms with Crippen LogP contribution in [0, 0.1) is 0 Å². The molecule has 0 aliphatic carbocycles. The Kier molecular flexibility index (Phi) is 6.51. The topological polar surface area (TPSA) is 122 Å².